The fourth-order valence-electron chi connectivity index (χ4n) is 1.10. The highest BCUT2D eigenvalue weighted by atomic mass is 127. The Morgan fingerprint density at radius 1 is 1.56 bits per heavy atom. The molecule has 1 rings (SSSR count). The summed E-state index contributed by atoms with van der Waals surface area (Å²) >= 11 is 2.10. The highest BCUT2D eigenvalue weighted by Crippen LogP contribution is 2.22. The summed E-state index contributed by atoms with van der Waals surface area (Å²) in [4.78, 5) is 10.8. The van der Waals surface area contributed by atoms with Gasteiger partial charge in [-0.2, -0.15) is 0 Å². The molecule has 16 heavy (non-hydrogen) atoms. The zero-order valence-electron chi connectivity index (χ0n) is 8.57. The van der Waals surface area contributed by atoms with Gasteiger partial charge >= 0.3 is 5.97 Å². The lowest BCUT2D eigenvalue weighted by atomic mass is 10.2. The second-order valence-corrected chi connectivity index (χ2v) is 4.27. The summed E-state index contributed by atoms with van der Waals surface area (Å²) < 4.78 is 6.36. The van der Waals surface area contributed by atoms with Crippen molar-refractivity contribution < 1.29 is 14.6 Å². The fourth-order valence-corrected chi connectivity index (χ4v) is 1.59. The molecule has 0 spiro atoms. The van der Waals surface area contributed by atoms with Crippen LogP contribution in [0.15, 0.2) is 18.2 Å². The van der Waals surface area contributed by atoms with Gasteiger partial charge in [-0.3, -0.25) is 0 Å². The molecule has 0 atom stereocenters. The van der Waals surface area contributed by atoms with Crippen molar-refractivity contribution in [2.45, 2.75) is 12.8 Å². The van der Waals surface area contributed by atoms with Crippen molar-refractivity contribution in [1.29, 1.82) is 0 Å². The minimum atomic E-state index is -0.954. The monoisotopic (exact) mass is 330 g/mol. The summed E-state index contributed by atoms with van der Waals surface area (Å²) in [6.07, 6.45) is 6.55. The maximum Gasteiger partial charge on any atom is 0.335 e. The van der Waals surface area contributed by atoms with Crippen molar-refractivity contribution in [3.63, 3.8) is 0 Å². The van der Waals surface area contributed by atoms with Crippen molar-refractivity contribution in [3.8, 4) is 18.1 Å². The summed E-state index contributed by atoms with van der Waals surface area (Å²) in [6.45, 7) is 0.503. The highest BCUT2D eigenvalue weighted by Gasteiger charge is 2.07. The van der Waals surface area contributed by atoms with Crippen LogP contribution in [0.2, 0.25) is 0 Å². The van der Waals surface area contributed by atoms with Gasteiger partial charge in [-0.05, 0) is 47.2 Å². The Labute approximate surface area is 108 Å². The third-order valence-electron chi connectivity index (χ3n) is 1.90. The molecular formula is C12H11IO3. The average Bonchev–Trinajstić information content (AvgIpc) is 2.26. The van der Waals surface area contributed by atoms with E-state index in [9.17, 15) is 4.79 Å². The summed E-state index contributed by atoms with van der Waals surface area (Å²) in [6, 6.07) is 4.80. The van der Waals surface area contributed by atoms with E-state index in [2.05, 4.69) is 28.5 Å². The van der Waals surface area contributed by atoms with Gasteiger partial charge in [-0.1, -0.05) is 0 Å². The molecule has 0 saturated carbocycles. The second kappa shape index (κ2) is 6.38. The van der Waals surface area contributed by atoms with E-state index in [1.54, 1.807) is 12.1 Å². The topological polar surface area (TPSA) is 46.5 Å². The Kier molecular flexibility index (Phi) is 5.12. The fraction of sp³-hybridized carbons (Fsp3) is 0.250. The predicted octanol–water partition coefficient (Wildman–Crippen LogP) is 2.78. The van der Waals surface area contributed by atoms with Crippen LogP contribution in [0.25, 0.3) is 0 Å². The smallest absolute Gasteiger partial charge is 0.335 e. The van der Waals surface area contributed by atoms with Crippen LogP contribution >= 0.6 is 22.6 Å². The van der Waals surface area contributed by atoms with Crippen molar-refractivity contribution >= 4 is 28.6 Å². The van der Waals surface area contributed by atoms with Crippen LogP contribution in [-0.2, 0) is 0 Å². The third kappa shape index (κ3) is 3.74. The maximum atomic E-state index is 10.8. The first-order chi connectivity index (χ1) is 7.65. The van der Waals surface area contributed by atoms with Gasteiger partial charge in [-0.25, -0.2) is 4.79 Å². The summed E-state index contributed by atoms with van der Waals surface area (Å²) in [5.41, 5.74) is 0.229. The van der Waals surface area contributed by atoms with Gasteiger partial charge in [-0.15, -0.1) is 12.3 Å². The molecule has 0 amide bonds. The average molecular weight is 330 g/mol. The van der Waals surface area contributed by atoms with Crippen LogP contribution < -0.4 is 4.74 Å². The van der Waals surface area contributed by atoms with Gasteiger partial charge in [0.1, 0.15) is 5.75 Å². The normalized spacial score (nSPS) is 9.50. The van der Waals surface area contributed by atoms with E-state index in [1.807, 2.05) is 0 Å². The Balaban J connectivity index is 2.67. The van der Waals surface area contributed by atoms with Crippen LogP contribution in [0.1, 0.15) is 23.2 Å². The highest BCUT2D eigenvalue weighted by molar-refractivity contribution is 14.1. The standard InChI is InChI=1S/C12H11IO3/c1-2-3-4-7-16-11-8-9(12(14)15)5-6-10(11)13/h1,5-6,8H,3-4,7H2,(H,14,15). The molecule has 84 valence electrons. The summed E-state index contributed by atoms with van der Waals surface area (Å²) in [5, 5.41) is 8.83. The zero-order valence-corrected chi connectivity index (χ0v) is 10.7. The van der Waals surface area contributed by atoms with E-state index in [0.29, 0.717) is 18.8 Å². The van der Waals surface area contributed by atoms with Gasteiger partial charge < -0.3 is 9.84 Å². The maximum absolute atomic E-state index is 10.8. The van der Waals surface area contributed by atoms with Gasteiger partial charge in [0, 0.05) is 6.42 Å². The molecule has 1 N–H and O–H groups in total. The van der Waals surface area contributed by atoms with Crippen LogP contribution in [0.3, 0.4) is 0 Å². The van der Waals surface area contributed by atoms with Crippen molar-refractivity contribution in [1.82, 2.24) is 0 Å². The SMILES string of the molecule is C#CCCCOc1cc(C(=O)O)ccc1I. The third-order valence-corrected chi connectivity index (χ3v) is 2.79. The molecule has 1 aromatic carbocycles. The molecule has 0 aromatic heterocycles. The predicted molar refractivity (Wildman–Crippen MR) is 69.7 cm³/mol. The molecule has 4 heteroatoms. The van der Waals surface area contributed by atoms with Crippen molar-refractivity contribution in [3.05, 3.63) is 27.3 Å². The van der Waals surface area contributed by atoms with Crippen LogP contribution in [0.4, 0.5) is 0 Å². The molecule has 3 nitrogen and oxygen atoms in total. The Morgan fingerprint density at radius 2 is 2.31 bits per heavy atom. The number of aromatic carboxylic acids is 1. The number of ether oxygens (including phenoxy) is 1. The Morgan fingerprint density at radius 3 is 2.94 bits per heavy atom. The first kappa shape index (κ1) is 12.8. The molecular weight excluding hydrogens is 319 g/mol. The zero-order chi connectivity index (χ0) is 12.0. The van der Waals surface area contributed by atoms with E-state index in [0.717, 1.165) is 9.99 Å². The summed E-state index contributed by atoms with van der Waals surface area (Å²) in [5.74, 6) is 2.16. The summed E-state index contributed by atoms with van der Waals surface area (Å²) in [7, 11) is 0. The first-order valence-electron chi connectivity index (χ1n) is 4.74. The lowest BCUT2D eigenvalue weighted by Crippen LogP contribution is -2.01. The van der Waals surface area contributed by atoms with Gasteiger partial charge in [0.2, 0.25) is 0 Å². The number of terminal acetylenes is 1. The van der Waals surface area contributed by atoms with Gasteiger partial charge in [0.15, 0.2) is 0 Å². The lowest BCUT2D eigenvalue weighted by molar-refractivity contribution is 0.0696. The molecule has 0 unspecified atom stereocenters. The van der Waals surface area contributed by atoms with E-state index >= 15 is 0 Å². The van der Waals surface area contributed by atoms with Crippen molar-refractivity contribution in [2.24, 2.45) is 0 Å². The second-order valence-electron chi connectivity index (χ2n) is 3.11. The number of benzene rings is 1. The molecule has 1 aromatic rings. The van der Waals surface area contributed by atoms with E-state index in [1.165, 1.54) is 6.07 Å². The molecule has 0 bridgehead atoms. The minimum absolute atomic E-state index is 0.229. The molecule has 0 saturated heterocycles. The molecule has 0 aliphatic rings. The number of carboxylic acid groups (broad SMARTS) is 1. The van der Waals surface area contributed by atoms with Crippen LogP contribution in [0, 0.1) is 15.9 Å². The number of hydrogen-bond acceptors (Lipinski definition) is 2. The quantitative estimate of drug-likeness (QED) is 0.513. The number of unbranched alkanes of at least 4 members (excludes halogenated alkanes) is 1. The minimum Gasteiger partial charge on any atom is -0.492 e. The Hall–Kier alpha value is -1.22. The lowest BCUT2D eigenvalue weighted by Gasteiger charge is -2.08. The van der Waals surface area contributed by atoms with Crippen molar-refractivity contribution in [2.75, 3.05) is 6.61 Å². The van der Waals surface area contributed by atoms with Gasteiger partial charge in [0.25, 0.3) is 0 Å². The van der Waals surface area contributed by atoms with E-state index < -0.39 is 5.97 Å². The first-order valence-corrected chi connectivity index (χ1v) is 5.82. The van der Waals surface area contributed by atoms with Crippen LogP contribution in [0.5, 0.6) is 5.75 Å². The molecule has 0 aliphatic heterocycles. The largest absolute Gasteiger partial charge is 0.492 e. The van der Waals surface area contributed by atoms with Gasteiger partial charge in [0.05, 0.1) is 15.7 Å². The molecule has 0 fully saturated rings. The van der Waals surface area contributed by atoms with E-state index in [-0.39, 0.29) is 5.56 Å². The number of hydrogen-bond donors (Lipinski definition) is 1. The number of rotatable bonds is 5. The number of carbonyl (C=O) groups is 1. The molecule has 0 radical (unpaired) electrons. The molecule has 0 aliphatic carbocycles. The van der Waals surface area contributed by atoms with E-state index in [4.69, 9.17) is 16.3 Å². The number of carboxylic acids is 1. The molecule has 0 heterocycles. The van der Waals surface area contributed by atoms with Crippen LogP contribution in [-0.4, -0.2) is 17.7 Å². The number of halogens is 1. The Bertz CT molecular complexity index is 421.